The first-order valence-corrected chi connectivity index (χ1v) is 7.99. The molecule has 0 aliphatic heterocycles. The van der Waals surface area contributed by atoms with E-state index in [1.807, 2.05) is 32.2 Å². The summed E-state index contributed by atoms with van der Waals surface area (Å²) in [5, 5.41) is 4.03. The van der Waals surface area contributed by atoms with Crippen molar-refractivity contribution in [3.05, 3.63) is 40.6 Å². The molecule has 1 aromatic carbocycles. The molecular formula is C17H22N2O3S. The number of esters is 1. The van der Waals surface area contributed by atoms with Crippen LogP contribution in [0, 0.1) is 0 Å². The third-order valence-electron chi connectivity index (χ3n) is 3.45. The highest BCUT2D eigenvalue weighted by atomic mass is 32.1. The Balaban J connectivity index is 2.05. The molecule has 1 aromatic heterocycles. The number of ether oxygens (including phenoxy) is 2. The van der Waals surface area contributed by atoms with Gasteiger partial charge in [0.1, 0.15) is 11.4 Å². The fraction of sp³-hybridized carbons (Fsp3) is 0.353. The Morgan fingerprint density at radius 1 is 1.35 bits per heavy atom. The van der Waals surface area contributed by atoms with Gasteiger partial charge in [0.05, 0.1) is 13.2 Å². The van der Waals surface area contributed by atoms with Gasteiger partial charge < -0.3 is 19.8 Å². The van der Waals surface area contributed by atoms with E-state index in [2.05, 4.69) is 22.9 Å². The number of carbonyl (C=O) groups is 1. The van der Waals surface area contributed by atoms with Crippen LogP contribution in [0.25, 0.3) is 10.9 Å². The maximum absolute atomic E-state index is 11.7. The Hall–Kier alpha value is -2.08. The Kier molecular flexibility index (Phi) is 5.98. The summed E-state index contributed by atoms with van der Waals surface area (Å²) < 4.78 is 10.8. The molecule has 0 saturated heterocycles. The molecule has 0 amide bonds. The van der Waals surface area contributed by atoms with Crippen molar-refractivity contribution in [3.8, 4) is 5.75 Å². The summed E-state index contributed by atoms with van der Waals surface area (Å²) >= 11 is 4.33. The van der Waals surface area contributed by atoms with E-state index in [1.165, 1.54) is 0 Å². The van der Waals surface area contributed by atoms with Gasteiger partial charge in [0.25, 0.3) is 0 Å². The zero-order valence-corrected chi connectivity index (χ0v) is 14.5. The van der Waals surface area contributed by atoms with Gasteiger partial charge in [-0.15, -0.1) is 12.6 Å². The number of aromatic amines is 1. The molecule has 6 heteroatoms. The van der Waals surface area contributed by atoms with E-state index in [-0.39, 0.29) is 5.97 Å². The second kappa shape index (κ2) is 7.97. The number of rotatable bonds is 7. The van der Waals surface area contributed by atoms with Crippen molar-refractivity contribution in [2.75, 3.05) is 20.3 Å². The number of carbonyl (C=O) groups excluding carboxylic acids is 1. The second-order valence-corrected chi connectivity index (χ2v) is 5.74. The van der Waals surface area contributed by atoms with Crippen LogP contribution < -0.4 is 10.1 Å². The van der Waals surface area contributed by atoms with E-state index in [1.54, 1.807) is 13.0 Å². The predicted octanol–water partition coefficient (Wildman–Crippen LogP) is 3.49. The van der Waals surface area contributed by atoms with Crippen molar-refractivity contribution in [1.29, 1.82) is 0 Å². The third-order valence-corrected chi connectivity index (χ3v) is 3.72. The van der Waals surface area contributed by atoms with Gasteiger partial charge >= 0.3 is 5.97 Å². The van der Waals surface area contributed by atoms with Crippen LogP contribution in [0.5, 0.6) is 5.75 Å². The Morgan fingerprint density at radius 3 is 2.78 bits per heavy atom. The molecule has 0 spiro atoms. The number of allylic oxidation sites excluding steroid dienone is 1. The van der Waals surface area contributed by atoms with Crippen molar-refractivity contribution in [2.24, 2.45) is 0 Å². The van der Waals surface area contributed by atoms with Crippen molar-refractivity contribution in [2.45, 2.75) is 20.3 Å². The molecule has 0 aliphatic carbocycles. The first-order valence-electron chi connectivity index (χ1n) is 7.54. The molecule has 5 nitrogen and oxygen atoms in total. The molecule has 2 aromatic rings. The minimum Gasteiger partial charge on any atom is -0.493 e. The molecule has 2 N–H and O–H groups in total. The van der Waals surface area contributed by atoms with Crippen LogP contribution in [-0.4, -0.2) is 31.2 Å². The predicted molar refractivity (Wildman–Crippen MR) is 95.1 cm³/mol. The minimum absolute atomic E-state index is 0.348. The normalized spacial score (nSPS) is 12.0. The van der Waals surface area contributed by atoms with Crippen LogP contribution in [-0.2, 0) is 4.74 Å². The number of nitrogens with one attached hydrogen (secondary N) is 2. The van der Waals surface area contributed by atoms with Crippen LogP contribution in [0.2, 0.25) is 0 Å². The SMILES string of the molecule is CCOC(=O)c1cc2cc(OCC/C(NC)=C(\C)S)ccc2[nH]1. The topological polar surface area (TPSA) is 63.4 Å². The minimum atomic E-state index is -0.348. The van der Waals surface area contributed by atoms with Crippen molar-refractivity contribution in [3.63, 3.8) is 0 Å². The molecule has 0 aliphatic rings. The maximum atomic E-state index is 11.7. The van der Waals surface area contributed by atoms with Crippen LogP contribution in [0.3, 0.4) is 0 Å². The maximum Gasteiger partial charge on any atom is 0.354 e. The van der Waals surface area contributed by atoms with Gasteiger partial charge in [-0.25, -0.2) is 4.79 Å². The number of hydrogen-bond acceptors (Lipinski definition) is 5. The molecular weight excluding hydrogens is 312 g/mol. The molecule has 0 radical (unpaired) electrons. The van der Waals surface area contributed by atoms with Crippen LogP contribution >= 0.6 is 12.6 Å². The molecule has 0 atom stereocenters. The van der Waals surface area contributed by atoms with Crippen LogP contribution in [0.1, 0.15) is 30.8 Å². The summed E-state index contributed by atoms with van der Waals surface area (Å²) in [7, 11) is 1.87. The number of hydrogen-bond donors (Lipinski definition) is 3. The fourth-order valence-electron chi connectivity index (χ4n) is 2.28. The summed E-state index contributed by atoms with van der Waals surface area (Å²) in [5.41, 5.74) is 2.38. The van der Waals surface area contributed by atoms with Gasteiger partial charge in [-0.1, -0.05) is 0 Å². The molecule has 2 rings (SSSR count). The van der Waals surface area contributed by atoms with Crippen molar-refractivity contribution >= 4 is 29.5 Å². The molecule has 0 unspecified atom stereocenters. The lowest BCUT2D eigenvalue weighted by molar-refractivity contribution is 0.0520. The van der Waals surface area contributed by atoms with Crippen LogP contribution in [0.4, 0.5) is 0 Å². The number of fused-ring (bicyclic) bond motifs is 1. The molecule has 23 heavy (non-hydrogen) atoms. The lowest BCUT2D eigenvalue weighted by atomic mass is 10.2. The average molecular weight is 334 g/mol. The van der Waals surface area contributed by atoms with Gasteiger partial charge in [0.2, 0.25) is 0 Å². The van der Waals surface area contributed by atoms with Gasteiger partial charge in [0, 0.05) is 30.1 Å². The zero-order valence-electron chi connectivity index (χ0n) is 13.6. The van der Waals surface area contributed by atoms with Gasteiger partial charge in [-0.05, 0) is 43.0 Å². The van der Waals surface area contributed by atoms with Gasteiger partial charge in [0.15, 0.2) is 0 Å². The fourth-order valence-corrected chi connectivity index (χ4v) is 2.50. The number of thiol groups is 1. The Bertz CT molecular complexity index is 718. The lowest BCUT2D eigenvalue weighted by Gasteiger charge is -2.10. The lowest BCUT2D eigenvalue weighted by Crippen LogP contribution is -2.11. The van der Waals surface area contributed by atoms with Crippen molar-refractivity contribution in [1.82, 2.24) is 10.3 Å². The first-order chi connectivity index (χ1) is 11.0. The highest BCUT2D eigenvalue weighted by Gasteiger charge is 2.10. The third kappa shape index (κ3) is 4.45. The van der Waals surface area contributed by atoms with E-state index >= 15 is 0 Å². The van der Waals surface area contributed by atoms with Gasteiger partial charge in [-0.3, -0.25) is 0 Å². The van der Waals surface area contributed by atoms with Crippen LogP contribution in [0.15, 0.2) is 34.9 Å². The Morgan fingerprint density at radius 2 is 2.13 bits per heavy atom. The second-order valence-electron chi connectivity index (χ2n) is 5.06. The highest BCUT2D eigenvalue weighted by Crippen LogP contribution is 2.22. The molecule has 0 bridgehead atoms. The first kappa shape index (κ1) is 17.3. The molecule has 0 fully saturated rings. The smallest absolute Gasteiger partial charge is 0.354 e. The highest BCUT2D eigenvalue weighted by molar-refractivity contribution is 7.84. The number of benzene rings is 1. The van der Waals surface area contributed by atoms with E-state index in [0.29, 0.717) is 18.9 Å². The van der Waals surface area contributed by atoms with E-state index < -0.39 is 0 Å². The van der Waals surface area contributed by atoms with E-state index in [4.69, 9.17) is 9.47 Å². The summed E-state index contributed by atoms with van der Waals surface area (Å²) in [5.74, 6) is 0.415. The standard InChI is InChI=1S/C17H22N2O3S/c1-4-21-17(20)16-10-12-9-13(5-6-15(12)19-16)22-8-7-14(18-3)11(2)23/h5-6,9-10,18-19,23H,4,7-8H2,1-3H3/b14-11-. The Labute approximate surface area is 141 Å². The molecule has 1 heterocycles. The molecule has 124 valence electrons. The van der Waals surface area contributed by atoms with Gasteiger partial charge in [-0.2, -0.15) is 0 Å². The monoisotopic (exact) mass is 334 g/mol. The summed E-state index contributed by atoms with van der Waals surface area (Å²) in [6, 6.07) is 7.46. The van der Waals surface area contributed by atoms with E-state index in [0.717, 1.165) is 33.7 Å². The van der Waals surface area contributed by atoms with E-state index in [9.17, 15) is 4.79 Å². The largest absolute Gasteiger partial charge is 0.493 e. The number of H-pyrrole nitrogens is 1. The quantitative estimate of drug-likeness (QED) is 0.536. The van der Waals surface area contributed by atoms with Crippen molar-refractivity contribution < 1.29 is 14.3 Å². The summed E-state index contributed by atoms with van der Waals surface area (Å²) in [4.78, 5) is 15.7. The molecule has 0 saturated carbocycles. The summed E-state index contributed by atoms with van der Waals surface area (Å²) in [6.07, 6.45) is 0.755. The number of aromatic nitrogens is 1. The summed E-state index contributed by atoms with van der Waals surface area (Å²) in [6.45, 7) is 4.63. The average Bonchev–Trinajstić information content (AvgIpc) is 2.94. The zero-order chi connectivity index (χ0) is 16.8.